The van der Waals surface area contributed by atoms with E-state index in [-0.39, 0.29) is 12.7 Å². The number of carbonyl (C=O) groups is 1. The molecule has 1 aliphatic carbocycles. The Labute approximate surface area is 142 Å². The minimum atomic E-state index is 0.240. The van der Waals surface area contributed by atoms with Gasteiger partial charge in [0.1, 0.15) is 0 Å². The van der Waals surface area contributed by atoms with Crippen LogP contribution in [-0.2, 0) is 16.1 Å². The summed E-state index contributed by atoms with van der Waals surface area (Å²) in [6.07, 6.45) is 2.07. The van der Waals surface area contributed by atoms with Gasteiger partial charge in [-0.15, -0.1) is 0 Å². The lowest BCUT2D eigenvalue weighted by Crippen LogP contribution is -2.43. The lowest BCUT2D eigenvalue weighted by atomic mass is 10.1. The number of rotatable bonds is 6. The normalized spacial score (nSPS) is 20.2. The lowest BCUT2D eigenvalue weighted by molar-refractivity contribution is -0.133. The van der Waals surface area contributed by atoms with Crippen LogP contribution in [0.2, 0.25) is 0 Å². The Hall–Kier alpha value is -1.79. The number of carbonyl (C=O) groups excluding carboxylic acids is 1. The maximum absolute atomic E-state index is 12.6. The molecular weight excluding hydrogens is 308 g/mol. The second-order valence-corrected chi connectivity index (χ2v) is 6.68. The monoisotopic (exact) mass is 332 g/mol. The molecule has 24 heavy (non-hydrogen) atoms. The van der Waals surface area contributed by atoms with Crippen LogP contribution in [0, 0.1) is 5.92 Å². The highest BCUT2D eigenvalue weighted by atomic mass is 16.7. The average Bonchev–Trinajstić information content (AvgIpc) is 3.37. The van der Waals surface area contributed by atoms with Crippen LogP contribution in [0.5, 0.6) is 11.5 Å². The van der Waals surface area contributed by atoms with E-state index in [1.807, 2.05) is 23.1 Å². The predicted molar refractivity (Wildman–Crippen MR) is 88.0 cm³/mol. The number of nitrogens with zero attached hydrogens (tertiary/aromatic N) is 2. The first kappa shape index (κ1) is 15.7. The third-order valence-corrected chi connectivity index (χ3v) is 4.84. The fourth-order valence-electron chi connectivity index (χ4n) is 3.20. The molecule has 1 amide bonds. The molecule has 0 radical (unpaired) electrons. The van der Waals surface area contributed by atoms with Gasteiger partial charge in [0.2, 0.25) is 12.7 Å². The molecule has 1 saturated carbocycles. The standard InChI is InChI=1S/C18H24N2O4/c21-18(15-2-3-15)20(6-5-19-7-9-22-10-8-19)12-14-1-4-16-17(11-14)24-13-23-16/h1,4,11,15H,2-3,5-10,12-13H2. The highest BCUT2D eigenvalue weighted by Gasteiger charge is 2.33. The molecule has 2 heterocycles. The molecule has 0 bridgehead atoms. The van der Waals surface area contributed by atoms with Gasteiger partial charge in [-0.1, -0.05) is 6.07 Å². The van der Waals surface area contributed by atoms with Crippen LogP contribution in [0.3, 0.4) is 0 Å². The minimum Gasteiger partial charge on any atom is -0.454 e. The van der Waals surface area contributed by atoms with E-state index in [2.05, 4.69) is 4.90 Å². The molecule has 2 aliphatic heterocycles. The smallest absolute Gasteiger partial charge is 0.231 e. The zero-order valence-corrected chi connectivity index (χ0v) is 13.9. The van der Waals surface area contributed by atoms with Crippen molar-refractivity contribution in [3.05, 3.63) is 23.8 Å². The number of amides is 1. The first-order valence-electron chi connectivity index (χ1n) is 8.77. The van der Waals surface area contributed by atoms with Gasteiger partial charge in [-0.2, -0.15) is 0 Å². The van der Waals surface area contributed by atoms with Gasteiger partial charge in [0, 0.05) is 38.6 Å². The molecule has 4 rings (SSSR count). The zero-order chi connectivity index (χ0) is 16.4. The highest BCUT2D eigenvalue weighted by molar-refractivity contribution is 5.81. The van der Waals surface area contributed by atoms with E-state index in [0.717, 1.165) is 69.3 Å². The van der Waals surface area contributed by atoms with Gasteiger partial charge >= 0.3 is 0 Å². The molecule has 1 aromatic carbocycles. The summed E-state index contributed by atoms with van der Waals surface area (Å²) in [6, 6.07) is 5.94. The summed E-state index contributed by atoms with van der Waals surface area (Å²) in [5.41, 5.74) is 1.09. The van der Waals surface area contributed by atoms with Gasteiger partial charge < -0.3 is 19.1 Å². The number of ether oxygens (including phenoxy) is 3. The van der Waals surface area contributed by atoms with Crippen LogP contribution in [0.1, 0.15) is 18.4 Å². The van der Waals surface area contributed by atoms with Crippen molar-refractivity contribution in [3.8, 4) is 11.5 Å². The Morgan fingerprint density at radius 2 is 1.96 bits per heavy atom. The third-order valence-electron chi connectivity index (χ3n) is 4.84. The van der Waals surface area contributed by atoms with E-state index >= 15 is 0 Å². The Balaban J connectivity index is 1.40. The van der Waals surface area contributed by atoms with Gasteiger partial charge in [0.25, 0.3) is 0 Å². The average molecular weight is 332 g/mol. The van der Waals surface area contributed by atoms with E-state index in [4.69, 9.17) is 14.2 Å². The van der Waals surface area contributed by atoms with Crippen LogP contribution in [0.4, 0.5) is 0 Å². The number of fused-ring (bicyclic) bond motifs is 1. The van der Waals surface area contributed by atoms with Crippen molar-refractivity contribution >= 4 is 5.91 Å². The van der Waals surface area contributed by atoms with Gasteiger partial charge in [-0.05, 0) is 30.5 Å². The maximum Gasteiger partial charge on any atom is 0.231 e. The maximum atomic E-state index is 12.6. The third kappa shape index (κ3) is 3.65. The topological polar surface area (TPSA) is 51.2 Å². The summed E-state index contributed by atoms with van der Waals surface area (Å²) in [4.78, 5) is 17.0. The van der Waals surface area contributed by atoms with E-state index in [1.165, 1.54) is 0 Å². The summed E-state index contributed by atoms with van der Waals surface area (Å²) in [5, 5.41) is 0. The molecule has 130 valence electrons. The SMILES string of the molecule is O=C(C1CC1)N(CCN1CCOCC1)Cc1ccc2c(c1)OCO2. The molecule has 0 atom stereocenters. The van der Waals surface area contributed by atoms with E-state index in [9.17, 15) is 4.79 Å². The van der Waals surface area contributed by atoms with Gasteiger partial charge in [0.05, 0.1) is 13.2 Å². The van der Waals surface area contributed by atoms with Crippen LogP contribution in [0.15, 0.2) is 18.2 Å². The van der Waals surface area contributed by atoms with Crippen molar-refractivity contribution in [2.45, 2.75) is 19.4 Å². The zero-order valence-electron chi connectivity index (χ0n) is 13.9. The number of morpholine rings is 1. The second kappa shape index (κ2) is 6.99. The number of hydrogen-bond acceptors (Lipinski definition) is 5. The molecule has 6 heteroatoms. The Morgan fingerprint density at radius 3 is 2.75 bits per heavy atom. The number of hydrogen-bond donors (Lipinski definition) is 0. The van der Waals surface area contributed by atoms with E-state index in [1.54, 1.807) is 0 Å². The molecule has 0 unspecified atom stereocenters. The van der Waals surface area contributed by atoms with Crippen molar-refractivity contribution in [2.75, 3.05) is 46.2 Å². The molecule has 0 spiro atoms. The Morgan fingerprint density at radius 1 is 1.17 bits per heavy atom. The minimum absolute atomic E-state index is 0.240. The predicted octanol–water partition coefficient (Wildman–Crippen LogP) is 1.49. The van der Waals surface area contributed by atoms with E-state index in [0.29, 0.717) is 12.5 Å². The molecular formula is C18H24N2O4. The fourth-order valence-corrected chi connectivity index (χ4v) is 3.20. The summed E-state index contributed by atoms with van der Waals surface area (Å²) < 4.78 is 16.2. The van der Waals surface area contributed by atoms with E-state index < -0.39 is 0 Å². The molecule has 2 fully saturated rings. The van der Waals surface area contributed by atoms with Crippen LogP contribution in [0.25, 0.3) is 0 Å². The Bertz CT molecular complexity index is 597. The van der Waals surface area contributed by atoms with Crippen LogP contribution < -0.4 is 9.47 Å². The molecule has 0 aromatic heterocycles. The van der Waals surface area contributed by atoms with Crippen molar-refractivity contribution in [1.29, 1.82) is 0 Å². The Kier molecular flexibility index (Phi) is 4.58. The van der Waals surface area contributed by atoms with Crippen LogP contribution >= 0.6 is 0 Å². The molecule has 3 aliphatic rings. The lowest BCUT2D eigenvalue weighted by Gasteiger charge is -2.30. The van der Waals surface area contributed by atoms with Crippen molar-refractivity contribution < 1.29 is 19.0 Å². The van der Waals surface area contributed by atoms with Crippen LogP contribution in [-0.4, -0.2) is 61.9 Å². The summed E-state index contributed by atoms with van der Waals surface area (Å²) >= 11 is 0. The second-order valence-electron chi connectivity index (χ2n) is 6.68. The number of benzene rings is 1. The molecule has 1 saturated heterocycles. The van der Waals surface area contributed by atoms with Crippen molar-refractivity contribution in [3.63, 3.8) is 0 Å². The summed E-state index contributed by atoms with van der Waals surface area (Å²) in [7, 11) is 0. The van der Waals surface area contributed by atoms with Gasteiger partial charge in [0.15, 0.2) is 11.5 Å². The molecule has 1 aromatic rings. The quantitative estimate of drug-likeness (QED) is 0.790. The molecule has 6 nitrogen and oxygen atoms in total. The van der Waals surface area contributed by atoms with Gasteiger partial charge in [-0.25, -0.2) is 0 Å². The summed E-state index contributed by atoms with van der Waals surface area (Å²) in [6.45, 7) is 6.08. The first-order valence-corrected chi connectivity index (χ1v) is 8.77. The van der Waals surface area contributed by atoms with Crippen molar-refractivity contribution in [2.24, 2.45) is 5.92 Å². The summed E-state index contributed by atoms with van der Waals surface area (Å²) in [5.74, 6) is 2.09. The van der Waals surface area contributed by atoms with Crippen molar-refractivity contribution in [1.82, 2.24) is 9.80 Å². The first-order chi connectivity index (χ1) is 11.8. The largest absolute Gasteiger partial charge is 0.454 e. The highest BCUT2D eigenvalue weighted by Crippen LogP contribution is 2.34. The van der Waals surface area contributed by atoms with Gasteiger partial charge in [-0.3, -0.25) is 9.69 Å². The fraction of sp³-hybridized carbons (Fsp3) is 0.611. The molecule has 0 N–H and O–H groups in total.